The Kier molecular flexibility index (Phi) is 7.02. The van der Waals surface area contributed by atoms with Crippen LogP contribution in [0.5, 0.6) is 34.5 Å². The zero-order valence-electron chi connectivity index (χ0n) is 21.3. The summed E-state index contributed by atoms with van der Waals surface area (Å²) < 4.78 is 16.8. The number of hydrogen-bond donors (Lipinski definition) is 3. The van der Waals surface area contributed by atoms with Crippen molar-refractivity contribution in [2.45, 2.75) is 12.5 Å². The molecule has 0 amide bonds. The molecule has 2 aliphatic rings. The SMILES string of the molecule is COc1ccc(N2CCN(Cc3c(O)cc(O)c4c3OC=C(c3ccc(O)cc3)C4C=O)CC2)c(OC)c1. The van der Waals surface area contributed by atoms with Gasteiger partial charge in [-0.1, -0.05) is 12.1 Å². The maximum absolute atomic E-state index is 12.2. The van der Waals surface area contributed by atoms with Crippen molar-refractivity contribution < 1.29 is 34.3 Å². The van der Waals surface area contributed by atoms with Crippen LogP contribution in [0.25, 0.3) is 5.57 Å². The van der Waals surface area contributed by atoms with E-state index in [0.29, 0.717) is 34.6 Å². The average Bonchev–Trinajstić information content (AvgIpc) is 2.95. The number of benzene rings is 3. The Morgan fingerprint density at radius 1 is 0.947 bits per heavy atom. The van der Waals surface area contributed by atoms with Gasteiger partial charge in [-0.3, -0.25) is 4.90 Å². The molecule has 1 fully saturated rings. The molecule has 0 spiro atoms. The Hall–Kier alpha value is -4.37. The summed E-state index contributed by atoms with van der Waals surface area (Å²) in [5.74, 6) is 0.782. The molecule has 2 heterocycles. The fraction of sp³-hybridized carbons (Fsp3) is 0.276. The van der Waals surface area contributed by atoms with E-state index in [2.05, 4.69) is 9.80 Å². The second-order valence-electron chi connectivity index (χ2n) is 9.29. The molecule has 1 unspecified atom stereocenters. The van der Waals surface area contributed by atoms with Crippen molar-refractivity contribution in [2.24, 2.45) is 0 Å². The summed E-state index contributed by atoms with van der Waals surface area (Å²) in [6, 6.07) is 13.4. The molecule has 2 aliphatic heterocycles. The van der Waals surface area contributed by atoms with Crippen LogP contribution in [0.4, 0.5) is 5.69 Å². The van der Waals surface area contributed by atoms with Crippen molar-refractivity contribution >= 4 is 17.5 Å². The number of phenolic OH excluding ortho intramolecular Hbond substituents is 3. The van der Waals surface area contributed by atoms with E-state index in [0.717, 1.165) is 49.7 Å². The summed E-state index contributed by atoms with van der Waals surface area (Å²) in [6.07, 6.45) is 2.23. The lowest BCUT2D eigenvalue weighted by Crippen LogP contribution is -2.46. The molecule has 1 atom stereocenters. The number of ether oxygens (including phenoxy) is 3. The van der Waals surface area contributed by atoms with Crippen LogP contribution in [0.15, 0.2) is 54.8 Å². The van der Waals surface area contributed by atoms with Gasteiger partial charge >= 0.3 is 0 Å². The molecule has 1 saturated heterocycles. The van der Waals surface area contributed by atoms with Crippen molar-refractivity contribution in [3.8, 4) is 34.5 Å². The van der Waals surface area contributed by atoms with Crippen LogP contribution < -0.4 is 19.1 Å². The Bertz CT molecular complexity index is 1360. The first-order chi connectivity index (χ1) is 18.4. The van der Waals surface area contributed by atoms with E-state index in [1.807, 2.05) is 18.2 Å². The number of anilines is 1. The summed E-state index contributed by atoms with van der Waals surface area (Å²) in [5.41, 5.74) is 3.06. The van der Waals surface area contributed by atoms with Crippen LogP contribution in [0, 0.1) is 0 Å². The van der Waals surface area contributed by atoms with E-state index in [-0.39, 0.29) is 17.2 Å². The predicted molar refractivity (Wildman–Crippen MR) is 142 cm³/mol. The molecule has 0 bridgehead atoms. The minimum Gasteiger partial charge on any atom is -0.508 e. The third-order valence-electron chi connectivity index (χ3n) is 7.15. The Labute approximate surface area is 220 Å². The summed E-state index contributed by atoms with van der Waals surface area (Å²) in [5, 5.41) is 31.1. The minimum atomic E-state index is -0.790. The van der Waals surface area contributed by atoms with Crippen molar-refractivity contribution in [2.75, 3.05) is 45.3 Å². The van der Waals surface area contributed by atoms with E-state index < -0.39 is 5.92 Å². The van der Waals surface area contributed by atoms with Gasteiger partial charge in [0.2, 0.25) is 0 Å². The number of piperazine rings is 1. The molecule has 198 valence electrons. The van der Waals surface area contributed by atoms with Crippen LogP contribution in [-0.2, 0) is 11.3 Å². The number of methoxy groups -OCH3 is 2. The Morgan fingerprint density at radius 2 is 1.68 bits per heavy atom. The van der Waals surface area contributed by atoms with Gasteiger partial charge in [0.05, 0.1) is 43.2 Å². The predicted octanol–water partition coefficient (Wildman–Crippen LogP) is 3.86. The number of phenols is 3. The first-order valence-corrected chi connectivity index (χ1v) is 12.3. The number of aldehydes is 1. The molecule has 9 heteroatoms. The lowest BCUT2D eigenvalue weighted by Gasteiger charge is -2.37. The monoisotopic (exact) mass is 518 g/mol. The minimum absolute atomic E-state index is 0.0911. The smallest absolute Gasteiger partial charge is 0.145 e. The van der Waals surface area contributed by atoms with Gasteiger partial charge in [-0.25, -0.2) is 0 Å². The van der Waals surface area contributed by atoms with Crippen molar-refractivity contribution in [1.29, 1.82) is 0 Å². The van der Waals surface area contributed by atoms with Crippen LogP contribution in [0.2, 0.25) is 0 Å². The molecular weight excluding hydrogens is 488 g/mol. The number of aromatic hydroxyl groups is 3. The van der Waals surface area contributed by atoms with Gasteiger partial charge in [0, 0.05) is 50.4 Å². The Balaban J connectivity index is 1.37. The molecule has 3 aromatic rings. The number of allylic oxidation sites excluding steroid dienone is 1. The zero-order valence-corrected chi connectivity index (χ0v) is 21.3. The van der Waals surface area contributed by atoms with Gasteiger partial charge in [-0.2, -0.15) is 0 Å². The van der Waals surface area contributed by atoms with Crippen LogP contribution >= 0.6 is 0 Å². The van der Waals surface area contributed by atoms with Gasteiger partial charge in [0.15, 0.2) is 0 Å². The first-order valence-electron chi connectivity index (χ1n) is 12.3. The van der Waals surface area contributed by atoms with Crippen molar-refractivity contribution in [3.05, 3.63) is 71.5 Å². The lowest BCUT2D eigenvalue weighted by atomic mass is 9.84. The number of carbonyl (C=O) groups excluding carboxylic acids is 1. The largest absolute Gasteiger partial charge is 0.508 e. The number of carbonyl (C=O) groups is 1. The van der Waals surface area contributed by atoms with E-state index in [1.54, 1.807) is 26.4 Å². The molecule has 9 nitrogen and oxygen atoms in total. The first kappa shape index (κ1) is 25.3. The fourth-order valence-electron chi connectivity index (χ4n) is 5.09. The quantitative estimate of drug-likeness (QED) is 0.402. The highest BCUT2D eigenvalue weighted by atomic mass is 16.5. The molecular formula is C29H30N2O7. The van der Waals surface area contributed by atoms with Crippen molar-refractivity contribution in [1.82, 2.24) is 4.90 Å². The van der Waals surface area contributed by atoms with Crippen molar-refractivity contribution in [3.63, 3.8) is 0 Å². The summed E-state index contributed by atoms with van der Waals surface area (Å²) in [6.45, 7) is 3.31. The summed E-state index contributed by atoms with van der Waals surface area (Å²) in [4.78, 5) is 16.7. The highest BCUT2D eigenvalue weighted by molar-refractivity contribution is 5.90. The molecule has 3 N–H and O–H groups in total. The number of rotatable bonds is 7. The van der Waals surface area contributed by atoms with Crippen LogP contribution in [0.1, 0.15) is 22.6 Å². The normalized spacial score (nSPS) is 17.3. The lowest BCUT2D eigenvalue weighted by molar-refractivity contribution is -0.108. The summed E-state index contributed by atoms with van der Waals surface area (Å²) >= 11 is 0. The molecule has 5 rings (SSSR count). The Morgan fingerprint density at radius 3 is 2.34 bits per heavy atom. The highest BCUT2D eigenvalue weighted by Gasteiger charge is 2.33. The van der Waals surface area contributed by atoms with Crippen LogP contribution in [0.3, 0.4) is 0 Å². The maximum atomic E-state index is 12.2. The van der Waals surface area contributed by atoms with Gasteiger partial charge in [0.25, 0.3) is 0 Å². The van der Waals surface area contributed by atoms with Gasteiger partial charge in [0.1, 0.15) is 40.8 Å². The van der Waals surface area contributed by atoms with E-state index in [9.17, 15) is 20.1 Å². The summed E-state index contributed by atoms with van der Waals surface area (Å²) in [7, 11) is 3.26. The van der Waals surface area contributed by atoms with E-state index in [4.69, 9.17) is 14.2 Å². The third kappa shape index (κ3) is 4.68. The average molecular weight is 519 g/mol. The fourth-order valence-corrected chi connectivity index (χ4v) is 5.09. The number of fused-ring (bicyclic) bond motifs is 1. The van der Waals surface area contributed by atoms with Gasteiger partial charge < -0.3 is 39.2 Å². The van der Waals surface area contributed by atoms with E-state index in [1.165, 1.54) is 24.5 Å². The number of hydrogen-bond acceptors (Lipinski definition) is 9. The molecule has 3 aromatic carbocycles. The third-order valence-corrected chi connectivity index (χ3v) is 7.15. The standard InChI is InChI=1S/C29H30N2O7/c1-36-20-7-8-24(27(13-20)37-2)31-11-9-30(10-12-31)15-21-25(34)14-26(35)28-22(16-32)23(17-38-29(21)28)18-3-5-19(33)6-4-18/h3-8,13-14,16-17,22,33-35H,9-12,15H2,1-2H3. The maximum Gasteiger partial charge on any atom is 0.145 e. The zero-order chi connectivity index (χ0) is 26.8. The highest BCUT2D eigenvalue weighted by Crippen LogP contribution is 2.49. The second kappa shape index (κ2) is 10.5. The molecule has 0 aromatic heterocycles. The van der Waals surface area contributed by atoms with Crippen LogP contribution in [-0.4, -0.2) is 66.9 Å². The number of nitrogens with zero attached hydrogens (tertiary/aromatic N) is 2. The van der Waals surface area contributed by atoms with E-state index >= 15 is 0 Å². The van der Waals surface area contributed by atoms with Gasteiger partial charge in [-0.15, -0.1) is 0 Å². The second-order valence-corrected chi connectivity index (χ2v) is 9.29. The molecule has 0 radical (unpaired) electrons. The van der Waals surface area contributed by atoms with Gasteiger partial charge in [-0.05, 0) is 29.8 Å². The molecule has 0 aliphatic carbocycles. The molecule has 0 saturated carbocycles. The topological polar surface area (TPSA) is 112 Å². The molecule has 38 heavy (non-hydrogen) atoms.